The molecule has 0 bridgehead atoms. The lowest BCUT2D eigenvalue weighted by Gasteiger charge is -2.04. The molecule has 0 fully saturated rings. The van der Waals surface area contributed by atoms with Crippen LogP contribution in [0.15, 0.2) is 54.6 Å². The molecule has 0 aliphatic rings. The first kappa shape index (κ1) is 15.6. The number of hydrogen-bond donors (Lipinski definition) is 3. The van der Waals surface area contributed by atoms with Gasteiger partial charge in [0.25, 0.3) is 0 Å². The molecule has 0 unspecified atom stereocenters. The van der Waals surface area contributed by atoms with Crippen molar-refractivity contribution in [2.24, 2.45) is 0 Å². The maximum atomic E-state index is 8.74. The molecule has 0 atom stereocenters. The normalized spacial score (nSPS) is 9.85. The highest BCUT2D eigenvalue weighted by atomic mass is 32.3. The lowest BCUT2D eigenvalue weighted by atomic mass is 10.2. The molecule has 0 aliphatic heterocycles. The van der Waals surface area contributed by atoms with Gasteiger partial charge in [-0.05, 0) is 24.3 Å². The molecule has 0 amide bonds. The van der Waals surface area contributed by atoms with Gasteiger partial charge in [0.05, 0.1) is 0 Å². The average molecular weight is 294 g/mol. The smallest absolute Gasteiger partial charge is 0.356 e. The van der Waals surface area contributed by atoms with Crippen LogP contribution in [-0.4, -0.2) is 17.5 Å². The molecule has 7 nitrogen and oxygen atoms in total. The second-order valence-corrected chi connectivity index (χ2v) is 4.48. The largest absolute Gasteiger partial charge is 0.394 e. The van der Waals surface area contributed by atoms with Crippen LogP contribution in [0.2, 0.25) is 0 Å². The Kier molecular flexibility index (Phi) is 5.61. The summed E-state index contributed by atoms with van der Waals surface area (Å²) < 4.78 is 31.6. The molecule has 2 aromatic rings. The van der Waals surface area contributed by atoms with Gasteiger partial charge in [0.2, 0.25) is 5.39 Å². The van der Waals surface area contributed by atoms with E-state index in [9.17, 15) is 0 Å². The maximum absolute atomic E-state index is 8.74. The molecule has 0 radical (unpaired) electrons. The zero-order chi connectivity index (χ0) is 15.0. The van der Waals surface area contributed by atoms with Gasteiger partial charge in [0.1, 0.15) is 0 Å². The molecular formula is C12H12N3O4S+. The second kappa shape index (κ2) is 7.20. The summed E-state index contributed by atoms with van der Waals surface area (Å²) in [6, 6.07) is 17.1. The Hall–Kier alpha value is -2.47. The Balaban J connectivity index is 0.000000347. The lowest BCUT2D eigenvalue weighted by Crippen LogP contribution is -1.89. The van der Waals surface area contributed by atoms with Crippen LogP contribution in [0.4, 0.5) is 17.1 Å². The first-order valence-electron chi connectivity index (χ1n) is 5.35. The van der Waals surface area contributed by atoms with Crippen LogP contribution in [-0.2, 0) is 10.4 Å². The van der Waals surface area contributed by atoms with Crippen LogP contribution in [0.3, 0.4) is 0 Å². The van der Waals surface area contributed by atoms with Crippen LogP contribution in [0.1, 0.15) is 0 Å². The Morgan fingerprint density at radius 2 is 1.35 bits per heavy atom. The maximum Gasteiger partial charge on any atom is 0.394 e. The van der Waals surface area contributed by atoms with E-state index in [2.05, 4.69) is 10.3 Å². The number of nitrogens with zero attached hydrogens (tertiary/aromatic N) is 2. The summed E-state index contributed by atoms with van der Waals surface area (Å²) in [5.41, 5.74) is 2.55. The van der Waals surface area contributed by atoms with Gasteiger partial charge in [0, 0.05) is 23.5 Å². The second-order valence-electron chi connectivity index (χ2n) is 3.59. The predicted molar refractivity (Wildman–Crippen MR) is 75.1 cm³/mol. The number of para-hydroxylation sites is 1. The molecule has 0 spiro atoms. The SMILES string of the molecule is N#[N+]c1ccc(Nc2ccccc2)cc1.O=S(=O)(O)O. The van der Waals surface area contributed by atoms with E-state index in [1.54, 1.807) is 12.1 Å². The molecule has 0 heterocycles. The first-order valence-corrected chi connectivity index (χ1v) is 6.75. The summed E-state index contributed by atoms with van der Waals surface area (Å²) >= 11 is 0. The van der Waals surface area contributed by atoms with Gasteiger partial charge in [0.15, 0.2) is 4.98 Å². The van der Waals surface area contributed by atoms with Crippen molar-refractivity contribution in [3.63, 3.8) is 0 Å². The lowest BCUT2D eigenvalue weighted by molar-refractivity contribution is 0.381. The minimum absolute atomic E-state index is 0.550. The van der Waals surface area contributed by atoms with E-state index in [0.29, 0.717) is 5.69 Å². The third-order valence-electron chi connectivity index (χ3n) is 2.05. The summed E-state index contributed by atoms with van der Waals surface area (Å²) in [5.74, 6) is 0. The molecule has 2 aromatic carbocycles. The Morgan fingerprint density at radius 1 is 0.900 bits per heavy atom. The van der Waals surface area contributed by atoms with Crippen LogP contribution in [0, 0.1) is 5.39 Å². The Labute approximate surface area is 116 Å². The number of anilines is 2. The minimum atomic E-state index is -4.67. The number of hydrogen-bond acceptors (Lipinski definition) is 4. The minimum Gasteiger partial charge on any atom is -0.356 e. The van der Waals surface area contributed by atoms with Gasteiger partial charge in [-0.15, -0.1) is 0 Å². The topological polar surface area (TPSA) is 115 Å². The number of benzene rings is 2. The van der Waals surface area contributed by atoms with E-state index in [0.717, 1.165) is 11.4 Å². The fourth-order valence-electron chi connectivity index (χ4n) is 1.30. The van der Waals surface area contributed by atoms with Crippen molar-refractivity contribution < 1.29 is 17.5 Å². The predicted octanol–water partition coefficient (Wildman–Crippen LogP) is 3.26. The van der Waals surface area contributed by atoms with E-state index >= 15 is 0 Å². The summed E-state index contributed by atoms with van der Waals surface area (Å²) in [6.07, 6.45) is 0. The fourth-order valence-corrected chi connectivity index (χ4v) is 1.30. The zero-order valence-electron chi connectivity index (χ0n) is 10.2. The summed E-state index contributed by atoms with van der Waals surface area (Å²) in [6.45, 7) is 0. The van der Waals surface area contributed by atoms with Crippen molar-refractivity contribution in [1.82, 2.24) is 0 Å². The average Bonchev–Trinajstić information content (AvgIpc) is 2.39. The molecule has 0 saturated carbocycles. The molecular weight excluding hydrogens is 282 g/mol. The van der Waals surface area contributed by atoms with Crippen molar-refractivity contribution in [1.29, 1.82) is 5.39 Å². The molecule has 8 heteroatoms. The van der Waals surface area contributed by atoms with Crippen LogP contribution >= 0.6 is 0 Å². The molecule has 2 rings (SSSR count). The third kappa shape index (κ3) is 7.07. The summed E-state index contributed by atoms with van der Waals surface area (Å²) in [5, 5.41) is 11.8. The van der Waals surface area contributed by atoms with Crippen molar-refractivity contribution in [2.75, 3.05) is 5.32 Å². The molecule has 0 saturated heterocycles. The van der Waals surface area contributed by atoms with E-state index < -0.39 is 10.4 Å². The molecule has 20 heavy (non-hydrogen) atoms. The molecule has 0 aromatic heterocycles. The summed E-state index contributed by atoms with van der Waals surface area (Å²) in [7, 11) is -4.67. The Morgan fingerprint density at radius 3 is 1.80 bits per heavy atom. The van der Waals surface area contributed by atoms with Gasteiger partial charge in [-0.25, -0.2) is 0 Å². The van der Waals surface area contributed by atoms with Crippen molar-refractivity contribution in [3.8, 4) is 0 Å². The highest BCUT2D eigenvalue weighted by molar-refractivity contribution is 7.79. The van der Waals surface area contributed by atoms with Crippen molar-refractivity contribution >= 4 is 27.5 Å². The van der Waals surface area contributed by atoms with Crippen LogP contribution in [0.5, 0.6) is 0 Å². The monoisotopic (exact) mass is 294 g/mol. The number of nitrogens with one attached hydrogen (secondary N) is 1. The summed E-state index contributed by atoms with van der Waals surface area (Å²) in [4.78, 5) is 3.09. The quantitative estimate of drug-likeness (QED) is 0.578. The van der Waals surface area contributed by atoms with Crippen molar-refractivity contribution in [2.45, 2.75) is 0 Å². The van der Waals surface area contributed by atoms with E-state index in [-0.39, 0.29) is 0 Å². The standard InChI is InChI=1S/C12H10N3.H2O4S/c13-15-12-8-6-11(7-9-12)14-10-4-2-1-3-5-10;1-5(2,3)4/h1-9,14H;(H2,1,2,3,4)/q+1;. The van der Waals surface area contributed by atoms with Gasteiger partial charge in [-0.1, -0.05) is 18.2 Å². The van der Waals surface area contributed by atoms with Gasteiger partial charge >= 0.3 is 16.1 Å². The molecule has 104 valence electrons. The number of rotatable bonds is 2. The van der Waals surface area contributed by atoms with Gasteiger partial charge < -0.3 is 5.32 Å². The van der Waals surface area contributed by atoms with Crippen molar-refractivity contribution in [3.05, 3.63) is 59.6 Å². The zero-order valence-corrected chi connectivity index (χ0v) is 11.0. The highest BCUT2D eigenvalue weighted by Gasteiger charge is 2.02. The highest BCUT2D eigenvalue weighted by Crippen LogP contribution is 2.19. The third-order valence-corrected chi connectivity index (χ3v) is 2.05. The first-order chi connectivity index (χ1) is 9.38. The van der Waals surface area contributed by atoms with E-state index in [1.165, 1.54) is 0 Å². The van der Waals surface area contributed by atoms with Gasteiger partial charge in [-0.3, -0.25) is 9.11 Å². The molecule has 0 aliphatic carbocycles. The van der Waals surface area contributed by atoms with Crippen LogP contribution < -0.4 is 5.32 Å². The Bertz CT molecular complexity index is 671. The van der Waals surface area contributed by atoms with Gasteiger partial charge in [-0.2, -0.15) is 8.42 Å². The van der Waals surface area contributed by atoms with E-state index in [1.807, 2.05) is 42.5 Å². The fraction of sp³-hybridized carbons (Fsp3) is 0. The van der Waals surface area contributed by atoms with Crippen LogP contribution in [0.25, 0.3) is 4.98 Å². The number of diazo groups is 1. The van der Waals surface area contributed by atoms with E-state index in [4.69, 9.17) is 22.9 Å². The molecule has 3 N–H and O–H groups in total.